The Hall–Kier alpha value is -4.03. The van der Waals surface area contributed by atoms with Crippen LogP contribution in [0.3, 0.4) is 0 Å². The van der Waals surface area contributed by atoms with Crippen molar-refractivity contribution in [1.82, 2.24) is 0 Å². The predicted molar refractivity (Wildman–Crippen MR) is 113 cm³/mol. The summed E-state index contributed by atoms with van der Waals surface area (Å²) in [6, 6.07) is 12.5. The smallest absolute Gasteiger partial charge is 0.355 e. The first kappa shape index (κ1) is 22.7. The fraction of sp³-hybridized carbons (Fsp3) is 0.136. The summed E-state index contributed by atoms with van der Waals surface area (Å²) in [5, 5.41) is 19.0. The van der Waals surface area contributed by atoms with E-state index >= 15 is 4.39 Å². The number of benzene rings is 2. The zero-order valence-electron chi connectivity index (χ0n) is 16.9. The number of hydrogen-bond donors (Lipinski definition) is 2. The Kier molecular flexibility index (Phi) is 6.37. The van der Waals surface area contributed by atoms with E-state index in [4.69, 9.17) is 26.8 Å². The van der Waals surface area contributed by atoms with E-state index in [-0.39, 0.29) is 22.7 Å². The summed E-state index contributed by atoms with van der Waals surface area (Å²) < 4.78 is 24.8. The van der Waals surface area contributed by atoms with Gasteiger partial charge in [0.25, 0.3) is 0 Å². The fourth-order valence-electron chi connectivity index (χ4n) is 3.47. The number of phenols is 1. The van der Waals surface area contributed by atoms with E-state index < -0.39 is 40.1 Å². The number of esters is 2. The molecule has 3 N–H and O–H groups in total. The van der Waals surface area contributed by atoms with Crippen molar-refractivity contribution in [3.63, 3.8) is 0 Å². The molecule has 0 amide bonds. The highest BCUT2D eigenvalue weighted by atomic mass is 35.5. The summed E-state index contributed by atoms with van der Waals surface area (Å²) in [5.74, 6) is -5.07. The molecule has 1 unspecified atom stereocenters. The van der Waals surface area contributed by atoms with Gasteiger partial charge in [-0.25, -0.2) is 14.0 Å². The fourth-order valence-corrected chi connectivity index (χ4v) is 3.63. The number of anilines is 1. The van der Waals surface area contributed by atoms with E-state index in [1.807, 2.05) is 6.07 Å². The van der Waals surface area contributed by atoms with Crippen molar-refractivity contribution >= 4 is 29.2 Å². The number of nitrogens with zero attached hydrogens (tertiary/aromatic N) is 2. The predicted octanol–water partition coefficient (Wildman–Crippen LogP) is 3.08. The summed E-state index contributed by atoms with van der Waals surface area (Å²) in [5.41, 5.74) is 5.48. The van der Waals surface area contributed by atoms with Crippen LogP contribution in [0.1, 0.15) is 11.5 Å². The maximum Gasteiger partial charge on any atom is 0.355 e. The number of hydrogen-bond acceptors (Lipinski definition) is 8. The lowest BCUT2D eigenvalue weighted by Crippen LogP contribution is -2.41. The molecule has 2 aromatic rings. The highest BCUT2D eigenvalue weighted by Crippen LogP contribution is 2.45. The van der Waals surface area contributed by atoms with Crippen LogP contribution in [0.5, 0.6) is 5.75 Å². The number of carbonyl (C=O) groups is 2. The van der Waals surface area contributed by atoms with Crippen molar-refractivity contribution in [2.75, 3.05) is 19.1 Å². The average Bonchev–Trinajstić information content (AvgIpc) is 2.81. The van der Waals surface area contributed by atoms with Crippen molar-refractivity contribution in [1.29, 1.82) is 5.26 Å². The summed E-state index contributed by atoms with van der Waals surface area (Å²) in [6.45, 7) is 0. The van der Waals surface area contributed by atoms with E-state index in [2.05, 4.69) is 0 Å². The van der Waals surface area contributed by atoms with Crippen LogP contribution in [0, 0.1) is 17.1 Å². The number of methoxy groups -OCH3 is 2. The number of carbonyl (C=O) groups excluding carboxylic acids is 2. The molecule has 1 heterocycles. The largest absolute Gasteiger partial charge is 0.506 e. The van der Waals surface area contributed by atoms with Crippen LogP contribution in [-0.4, -0.2) is 31.3 Å². The van der Waals surface area contributed by atoms with Gasteiger partial charge in [0.05, 0.1) is 43.0 Å². The van der Waals surface area contributed by atoms with Gasteiger partial charge in [-0.05, 0) is 17.7 Å². The molecule has 0 spiro atoms. The molecule has 0 aliphatic carbocycles. The van der Waals surface area contributed by atoms with Crippen molar-refractivity contribution < 1.29 is 28.6 Å². The first-order valence-electron chi connectivity index (χ1n) is 9.11. The van der Waals surface area contributed by atoms with Gasteiger partial charge in [0, 0.05) is 0 Å². The van der Waals surface area contributed by atoms with Gasteiger partial charge in [-0.15, -0.1) is 0 Å². The number of halogens is 2. The van der Waals surface area contributed by atoms with Crippen LogP contribution in [0.25, 0.3) is 0 Å². The van der Waals surface area contributed by atoms with Crippen molar-refractivity contribution in [3.05, 3.63) is 81.5 Å². The molecular formula is C22H17ClFN3O5. The molecule has 0 bridgehead atoms. The van der Waals surface area contributed by atoms with Gasteiger partial charge in [-0.1, -0.05) is 41.9 Å². The maximum absolute atomic E-state index is 15.0. The lowest BCUT2D eigenvalue weighted by Gasteiger charge is -2.36. The minimum Gasteiger partial charge on any atom is -0.506 e. The van der Waals surface area contributed by atoms with Gasteiger partial charge >= 0.3 is 11.9 Å². The van der Waals surface area contributed by atoms with Crippen LogP contribution in [-0.2, 0) is 19.1 Å². The first-order chi connectivity index (χ1) is 15.3. The lowest BCUT2D eigenvalue weighted by molar-refractivity contribution is -0.139. The van der Waals surface area contributed by atoms with Gasteiger partial charge in [-0.3, -0.25) is 4.90 Å². The number of nitrogens with two attached hydrogens (primary N) is 1. The van der Waals surface area contributed by atoms with Crippen molar-refractivity contribution in [2.24, 2.45) is 5.73 Å². The molecule has 0 aromatic heterocycles. The summed E-state index contributed by atoms with van der Waals surface area (Å²) >= 11 is 5.83. The molecule has 2 aromatic carbocycles. The van der Waals surface area contributed by atoms with Crippen molar-refractivity contribution in [3.8, 4) is 11.8 Å². The summed E-state index contributed by atoms with van der Waals surface area (Å²) in [6.07, 6.45) is 0. The zero-order valence-corrected chi connectivity index (χ0v) is 17.7. The first-order valence-corrected chi connectivity index (χ1v) is 9.48. The van der Waals surface area contributed by atoms with Crippen LogP contribution in [0.15, 0.2) is 65.1 Å². The van der Waals surface area contributed by atoms with Gasteiger partial charge < -0.3 is 20.3 Å². The van der Waals surface area contributed by atoms with Crippen LogP contribution in [0.2, 0.25) is 5.02 Å². The third-order valence-electron chi connectivity index (χ3n) is 4.89. The van der Waals surface area contributed by atoms with Gasteiger partial charge in [0.2, 0.25) is 0 Å². The summed E-state index contributed by atoms with van der Waals surface area (Å²) in [4.78, 5) is 26.6. The molecule has 32 heavy (non-hydrogen) atoms. The Bertz CT molecular complexity index is 1200. The summed E-state index contributed by atoms with van der Waals surface area (Å²) in [7, 11) is 2.17. The number of phenolic OH excluding ortho intramolecular Hbond substituents is 1. The van der Waals surface area contributed by atoms with Crippen LogP contribution < -0.4 is 10.6 Å². The number of aromatic hydroxyl groups is 1. The monoisotopic (exact) mass is 457 g/mol. The third kappa shape index (κ3) is 3.61. The van der Waals surface area contributed by atoms with Gasteiger partial charge in [0.1, 0.15) is 22.3 Å². The molecule has 0 radical (unpaired) electrons. The second kappa shape index (κ2) is 8.99. The second-order valence-electron chi connectivity index (χ2n) is 6.57. The maximum atomic E-state index is 15.0. The van der Waals surface area contributed by atoms with Gasteiger partial charge in [0.15, 0.2) is 5.82 Å². The molecule has 3 rings (SSSR count). The SMILES string of the molecule is COC(=O)C1=C(C(=O)OC)N(c2ccc(O)c(Cl)c2F)C(N)=C(C#N)C1c1ccccc1. The molecule has 8 nitrogen and oxygen atoms in total. The molecule has 164 valence electrons. The van der Waals surface area contributed by atoms with E-state index in [9.17, 15) is 20.0 Å². The molecule has 10 heteroatoms. The van der Waals surface area contributed by atoms with E-state index in [1.54, 1.807) is 30.3 Å². The van der Waals surface area contributed by atoms with E-state index in [0.29, 0.717) is 5.56 Å². The number of ether oxygens (including phenoxy) is 2. The molecular weight excluding hydrogens is 441 g/mol. The Morgan fingerprint density at radius 3 is 2.34 bits per heavy atom. The Morgan fingerprint density at radius 1 is 1.16 bits per heavy atom. The molecule has 0 saturated heterocycles. The Labute approximate surface area is 187 Å². The molecule has 1 aliphatic rings. The highest BCUT2D eigenvalue weighted by molar-refractivity contribution is 6.32. The lowest BCUT2D eigenvalue weighted by atomic mass is 9.81. The Balaban J connectivity index is 2.46. The molecule has 1 atom stereocenters. The molecule has 0 fully saturated rings. The van der Waals surface area contributed by atoms with E-state index in [0.717, 1.165) is 31.3 Å². The van der Waals surface area contributed by atoms with Crippen molar-refractivity contribution in [2.45, 2.75) is 5.92 Å². The number of allylic oxidation sites excluding steroid dienone is 1. The van der Waals surface area contributed by atoms with E-state index in [1.165, 1.54) is 0 Å². The average molecular weight is 458 g/mol. The second-order valence-corrected chi connectivity index (χ2v) is 6.95. The highest BCUT2D eigenvalue weighted by Gasteiger charge is 2.43. The molecule has 1 aliphatic heterocycles. The van der Waals surface area contributed by atoms with Crippen LogP contribution in [0.4, 0.5) is 10.1 Å². The number of nitriles is 1. The zero-order chi connectivity index (χ0) is 23.6. The minimum atomic E-state index is -1.13. The number of rotatable bonds is 4. The normalized spacial score (nSPS) is 16.0. The standard InChI is InChI=1S/C22H17ClFN3O5/c1-31-21(29)16-15(11-6-4-3-5-7-11)12(10-25)20(26)27(19(16)22(30)32-2)13-8-9-14(28)17(23)18(13)24/h3-9,15,28H,26H2,1-2H3. The Morgan fingerprint density at radius 2 is 1.78 bits per heavy atom. The van der Waals surface area contributed by atoms with Gasteiger partial charge in [-0.2, -0.15) is 5.26 Å². The van der Waals surface area contributed by atoms with Crippen LogP contribution >= 0.6 is 11.6 Å². The topological polar surface area (TPSA) is 126 Å². The third-order valence-corrected chi connectivity index (χ3v) is 5.25. The minimum absolute atomic E-state index is 0.132. The quantitative estimate of drug-likeness (QED) is 0.671. The molecule has 0 saturated carbocycles.